The topological polar surface area (TPSA) is 75.6 Å². The van der Waals surface area contributed by atoms with Gasteiger partial charge in [-0.2, -0.15) is 10.1 Å². The fourth-order valence-corrected chi connectivity index (χ4v) is 2.16. The van der Waals surface area contributed by atoms with E-state index in [9.17, 15) is 0 Å². The number of rotatable bonds is 5. The van der Waals surface area contributed by atoms with Gasteiger partial charge in [0.1, 0.15) is 0 Å². The summed E-state index contributed by atoms with van der Waals surface area (Å²) in [5.41, 5.74) is 2.71. The molecule has 6 nitrogen and oxygen atoms in total. The van der Waals surface area contributed by atoms with Gasteiger partial charge in [0, 0.05) is 16.9 Å². The number of halogens is 1. The third-order valence-electron chi connectivity index (χ3n) is 3.25. The van der Waals surface area contributed by atoms with Crippen LogP contribution in [-0.4, -0.2) is 20.2 Å². The highest BCUT2D eigenvalue weighted by Crippen LogP contribution is 2.24. The number of aromatic nitrogens is 4. The second kappa shape index (κ2) is 7.02. The highest BCUT2D eigenvalue weighted by molar-refractivity contribution is 6.31. The molecule has 23 heavy (non-hydrogen) atoms. The molecule has 1 aromatic carbocycles. The lowest BCUT2D eigenvalue weighted by Crippen LogP contribution is -2.06. The molecule has 3 rings (SSSR count). The Morgan fingerprint density at radius 3 is 2.87 bits per heavy atom. The number of hydrogen-bond acceptors (Lipinski definition) is 6. The van der Waals surface area contributed by atoms with Crippen LogP contribution in [0.2, 0.25) is 5.02 Å². The number of hydrogen-bond donors (Lipinski definition) is 2. The van der Waals surface area contributed by atoms with E-state index in [0.29, 0.717) is 23.3 Å². The lowest BCUT2D eigenvalue weighted by atomic mass is 10.2. The molecule has 0 aliphatic carbocycles. The average Bonchev–Trinajstić information content (AvgIpc) is 2.59. The van der Waals surface area contributed by atoms with E-state index >= 15 is 0 Å². The molecule has 0 bridgehead atoms. The summed E-state index contributed by atoms with van der Waals surface area (Å²) in [6.07, 6.45) is 3.32. The van der Waals surface area contributed by atoms with Crippen molar-refractivity contribution in [1.29, 1.82) is 0 Å². The van der Waals surface area contributed by atoms with Crippen LogP contribution in [0.3, 0.4) is 0 Å². The molecule has 0 saturated carbocycles. The zero-order valence-corrected chi connectivity index (χ0v) is 13.2. The van der Waals surface area contributed by atoms with Gasteiger partial charge in [0.2, 0.25) is 5.95 Å². The normalized spacial score (nSPS) is 10.3. The van der Waals surface area contributed by atoms with Crippen LogP contribution in [0.1, 0.15) is 11.3 Å². The molecule has 0 fully saturated rings. The Bertz CT molecular complexity index is 794. The van der Waals surface area contributed by atoms with Crippen LogP contribution < -0.4 is 10.6 Å². The van der Waals surface area contributed by atoms with Crippen molar-refractivity contribution in [2.24, 2.45) is 0 Å². The predicted octanol–water partition coefficient (Wildman–Crippen LogP) is 3.58. The minimum Gasteiger partial charge on any atom is -0.363 e. The summed E-state index contributed by atoms with van der Waals surface area (Å²) < 4.78 is 0. The van der Waals surface area contributed by atoms with Gasteiger partial charge in [-0.25, -0.2) is 0 Å². The van der Waals surface area contributed by atoms with Gasteiger partial charge in [-0.3, -0.25) is 4.98 Å². The Balaban J connectivity index is 1.71. The first-order chi connectivity index (χ1) is 11.2. The molecule has 0 saturated heterocycles. The lowest BCUT2D eigenvalue weighted by molar-refractivity contribution is 0.955. The van der Waals surface area contributed by atoms with Crippen LogP contribution in [-0.2, 0) is 6.54 Å². The third kappa shape index (κ3) is 3.92. The van der Waals surface area contributed by atoms with E-state index in [0.717, 1.165) is 16.9 Å². The zero-order chi connectivity index (χ0) is 16.1. The lowest BCUT2D eigenvalue weighted by Gasteiger charge is -2.10. The van der Waals surface area contributed by atoms with Gasteiger partial charge < -0.3 is 10.6 Å². The molecular weight excluding hydrogens is 312 g/mol. The maximum absolute atomic E-state index is 6.11. The molecule has 116 valence electrons. The predicted molar refractivity (Wildman–Crippen MR) is 90.9 cm³/mol. The zero-order valence-electron chi connectivity index (χ0n) is 12.5. The molecule has 0 aliphatic heterocycles. The van der Waals surface area contributed by atoms with E-state index in [1.807, 2.05) is 43.3 Å². The monoisotopic (exact) mass is 326 g/mol. The maximum atomic E-state index is 6.11. The van der Waals surface area contributed by atoms with E-state index in [-0.39, 0.29) is 0 Å². The quantitative estimate of drug-likeness (QED) is 0.746. The number of nitrogens with zero attached hydrogens (tertiary/aromatic N) is 4. The van der Waals surface area contributed by atoms with Gasteiger partial charge in [0.25, 0.3) is 0 Å². The summed E-state index contributed by atoms with van der Waals surface area (Å²) in [6.45, 7) is 2.50. The second-order valence-electron chi connectivity index (χ2n) is 4.88. The summed E-state index contributed by atoms with van der Waals surface area (Å²) >= 11 is 6.11. The van der Waals surface area contributed by atoms with Crippen molar-refractivity contribution in [2.75, 3.05) is 10.6 Å². The van der Waals surface area contributed by atoms with E-state index < -0.39 is 0 Å². The SMILES string of the molecule is Cc1c(Cl)cccc1Nc1nncc(NCc2ccccn2)n1. The Kier molecular flexibility index (Phi) is 4.63. The van der Waals surface area contributed by atoms with Crippen molar-refractivity contribution < 1.29 is 0 Å². The van der Waals surface area contributed by atoms with Crippen molar-refractivity contribution in [3.63, 3.8) is 0 Å². The molecule has 0 amide bonds. The minimum atomic E-state index is 0.404. The first kappa shape index (κ1) is 15.2. The van der Waals surface area contributed by atoms with Crippen LogP contribution in [0.5, 0.6) is 0 Å². The van der Waals surface area contributed by atoms with Crippen molar-refractivity contribution in [2.45, 2.75) is 13.5 Å². The van der Waals surface area contributed by atoms with E-state index in [4.69, 9.17) is 11.6 Å². The Labute approximate surface area is 139 Å². The number of nitrogens with one attached hydrogen (secondary N) is 2. The van der Waals surface area contributed by atoms with Gasteiger partial charge >= 0.3 is 0 Å². The second-order valence-corrected chi connectivity index (χ2v) is 5.28. The van der Waals surface area contributed by atoms with Gasteiger partial charge in [-0.05, 0) is 36.8 Å². The minimum absolute atomic E-state index is 0.404. The largest absolute Gasteiger partial charge is 0.363 e. The maximum Gasteiger partial charge on any atom is 0.249 e. The summed E-state index contributed by atoms with van der Waals surface area (Å²) in [5.74, 6) is 1.02. The van der Waals surface area contributed by atoms with Gasteiger partial charge in [-0.1, -0.05) is 23.7 Å². The van der Waals surface area contributed by atoms with Crippen LogP contribution in [0.15, 0.2) is 48.8 Å². The molecule has 0 radical (unpaired) electrons. The van der Waals surface area contributed by atoms with E-state index in [2.05, 4.69) is 30.8 Å². The first-order valence-corrected chi connectivity index (χ1v) is 7.46. The highest BCUT2D eigenvalue weighted by Gasteiger charge is 2.05. The molecule has 2 N–H and O–H groups in total. The smallest absolute Gasteiger partial charge is 0.249 e. The summed E-state index contributed by atoms with van der Waals surface area (Å²) in [6, 6.07) is 11.4. The van der Waals surface area contributed by atoms with Crippen molar-refractivity contribution in [1.82, 2.24) is 20.2 Å². The highest BCUT2D eigenvalue weighted by atomic mass is 35.5. The molecular formula is C16H15ClN6. The molecule has 2 aromatic heterocycles. The van der Waals surface area contributed by atoms with E-state index in [1.54, 1.807) is 12.4 Å². The van der Waals surface area contributed by atoms with Crippen LogP contribution in [0, 0.1) is 6.92 Å². The molecule has 0 spiro atoms. The van der Waals surface area contributed by atoms with E-state index in [1.165, 1.54) is 0 Å². The first-order valence-electron chi connectivity index (χ1n) is 7.08. The Hall–Kier alpha value is -2.73. The Morgan fingerprint density at radius 2 is 2.04 bits per heavy atom. The summed E-state index contributed by atoms with van der Waals surface area (Å²) in [5, 5.41) is 14.9. The van der Waals surface area contributed by atoms with Crippen molar-refractivity contribution in [3.05, 3.63) is 65.1 Å². The van der Waals surface area contributed by atoms with Crippen LogP contribution >= 0.6 is 11.6 Å². The Morgan fingerprint density at radius 1 is 1.13 bits per heavy atom. The summed E-state index contributed by atoms with van der Waals surface area (Å²) in [7, 11) is 0. The fourth-order valence-electron chi connectivity index (χ4n) is 1.99. The molecule has 0 aliphatic rings. The third-order valence-corrected chi connectivity index (χ3v) is 3.66. The van der Waals surface area contributed by atoms with Crippen LogP contribution in [0.25, 0.3) is 0 Å². The number of benzene rings is 1. The molecule has 7 heteroatoms. The molecule has 3 aromatic rings. The van der Waals surface area contributed by atoms with Gasteiger partial charge in [0.15, 0.2) is 5.82 Å². The van der Waals surface area contributed by atoms with Crippen molar-refractivity contribution >= 4 is 29.1 Å². The number of pyridine rings is 1. The average molecular weight is 327 g/mol. The number of anilines is 3. The molecule has 0 unspecified atom stereocenters. The van der Waals surface area contributed by atoms with Gasteiger partial charge in [-0.15, -0.1) is 5.10 Å². The fraction of sp³-hybridized carbons (Fsp3) is 0.125. The standard InChI is InChI=1S/C16H15ClN6/c1-11-13(17)6-4-7-14(11)21-16-22-15(10-20-23-16)19-9-12-5-2-3-8-18-12/h2-8,10H,9H2,1H3,(H2,19,21,22,23). The molecule has 2 heterocycles. The van der Waals surface area contributed by atoms with Crippen molar-refractivity contribution in [3.8, 4) is 0 Å². The molecule has 0 atom stereocenters. The summed E-state index contributed by atoms with van der Waals surface area (Å²) in [4.78, 5) is 8.64. The van der Waals surface area contributed by atoms with Gasteiger partial charge in [0.05, 0.1) is 18.4 Å². The van der Waals surface area contributed by atoms with Crippen LogP contribution in [0.4, 0.5) is 17.5 Å².